The monoisotopic (exact) mass is 452 g/mol. The van der Waals surface area contributed by atoms with Crippen LogP contribution in [0.15, 0.2) is 41.1 Å². The zero-order chi connectivity index (χ0) is 22.8. The number of esters is 1. The topological polar surface area (TPSA) is 109 Å². The van der Waals surface area contributed by atoms with Crippen molar-refractivity contribution in [2.45, 2.75) is 26.3 Å². The first kappa shape index (κ1) is 21.0. The molecule has 4 heterocycles. The summed E-state index contributed by atoms with van der Waals surface area (Å²) in [4.78, 5) is 31.1. The van der Waals surface area contributed by atoms with Gasteiger partial charge < -0.3 is 28.2 Å². The van der Waals surface area contributed by atoms with Crippen LogP contribution in [0.5, 0.6) is 11.5 Å². The van der Waals surface area contributed by atoms with Gasteiger partial charge in [0.05, 0.1) is 12.5 Å². The second-order valence-corrected chi connectivity index (χ2v) is 7.92. The van der Waals surface area contributed by atoms with Crippen molar-refractivity contribution in [3.63, 3.8) is 0 Å². The van der Waals surface area contributed by atoms with Crippen LogP contribution in [0.25, 0.3) is 23.0 Å². The van der Waals surface area contributed by atoms with E-state index in [0.29, 0.717) is 61.4 Å². The fourth-order valence-electron chi connectivity index (χ4n) is 4.10. The standard InChI is InChI=1S/C23H24N4O6/c1-2-30-23(29)15-7-10-26(11-8-15)20(28)13-27-9-3-4-17(27)22-24-21(25-33-22)16-5-6-18-19(12-16)32-14-31-18/h3-6,9,12,15H,2,7-8,10-11,13-14H2,1H3. The average molecular weight is 452 g/mol. The van der Waals surface area contributed by atoms with Gasteiger partial charge in [-0.15, -0.1) is 0 Å². The second-order valence-electron chi connectivity index (χ2n) is 7.92. The maximum atomic E-state index is 12.9. The van der Waals surface area contributed by atoms with E-state index < -0.39 is 0 Å². The molecule has 2 aromatic heterocycles. The van der Waals surface area contributed by atoms with Crippen LogP contribution in [0.3, 0.4) is 0 Å². The summed E-state index contributed by atoms with van der Waals surface area (Å²) in [6.07, 6.45) is 3.04. The smallest absolute Gasteiger partial charge is 0.309 e. The molecule has 172 valence electrons. The van der Waals surface area contributed by atoms with Gasteiger partial charge in [-0.25, -0.2) is 0 Å². The van der Waals surface area contributed by atoms with Crippen LogP contribution < -0.4 is 9.47 Å². The average Bonchev–Trinajstić information content (AvgIpc) is 3.59. The van der Waals surface area contributed by atoms with Gasteiger partial charge in [0.25, 0.3) is 5.89 Å². The maximum absolute atomic E-state index is 12.9. The van der Waals surface area contributed by atoms with E-state index in [4.69, 9.17) is 18.7 Å². The van der Waals surface area contributed by atoms with E-state index in [1.165, 1.54) is 0 Å². The third-order valence-electron chi connectivity index (χ3n) is 5.88. The first-order valence-electron chi connectivity index (χ1n) is 11.0. The molecule has 10 nitrogen and oxygen atoms in total. The molecule has 1 amide bonds. The van der Waals surface area contributed by atoms with Crippen molar-refractivity contribution in [3.05, 3.63) is 36.5 Å². The number of hydrogen-bond donors (Lipinski definition) is 0. The summed E-state index contributed by atoms with van der Waals surface area (Å²) in [5.74, 6) is 1.73. The highest BCUT2D eigenvalue weighted by atomic mass is 16.7. The van der Waals surface area contributed by atoms with E-state index >= 15 is 0 Å². The quantitative estimate of drug-likeness (QED) is 0.525. The molecule has 0 N–H and O–H groups in total. The number of likely N-dealkylation sites (tertiary alicyclic amines) is 1. The number of amides is 1. The van der Waals surface area contributed by atoms with Gasteiger partial charge in [0.1, 0.15) is 12.2 Å². The summed E-state index contributed by atoms with van der Waals surface area (Å²) in [5, 5.41) is 4.08. The van der Waals surface area contributed by atoms with Gasteiger partial charge in [0, 0.05) is 24.8 Å². The van der Waals surface area contributed by atoms with Crippen molar-refractivity contribution in [2.75, 3.05) is 26.5 Å². The van der Waals surface area contributed by atoms with Gasteiger partial charge >= 0.3 is 5.97 Å². The lowest BCUT2D eigenvalue weighted by molar-refractivity contribution is -0.151. The van der Waals surface area contributed by atoms with E-state index in [1.54, 1.807) is 28.5 Å². The van der Waals surface area contributed by atoms with Crippen LogP contribution in [0.4, 0.5) is 0 Å². The van der Waals surface area contributed by atoms with E-state index in [0.717, 1.165) is 5.56 Å². The Morgan fingerprint density at radius 2 is 1.97 bits per heavy atom. The molecule has 2 aliphatic rings. The van der Waals surface area contributed by atoms with Gasteiger partial charge in [0.15, 0.2) is 11.5 Å². The van der Waals surface area contributed by atoms with Gasteiger partial charge in [-0.05, 0) is 50.1 Å². The van der Waals surface area contributed by atoms with Crippen LogP contribution in [-0.2, 0) is 20.9 Å². The molecule has 2 aliphatic heterocycles. The normalized spacial score (nSPS) is 15.6. The van der Waals surface area contributed by atoms with Crippen molar-refractivity contribution in [1.29, 1.82) is 0 Å². The molecule has 0 bridgehead atoms. The Hall–Kier alpha value is -3.82. The number of aromatic nitrogens is 3. The highest BCUT2D eigenvalue weighted by molar-refractivity contribution is 5.78. The minimum absolute atomic E-state index is 0.0229. The lowest BCUT2D eigenvalue weighted by Crippen LogP contribution is -2.42. The Labute approximate surface area is 190 Å². The number of carbonyl (C=O) groups excluding carboxylic acids is 2. The molecule has 1 fully saturated rings. The second kappa shape index (κ2) is 8.97. The summed E-state index contributed by atoms with van der Waals surface area (Å²) >= 11 is 0. The summed E-state index contributed by atoms with van der Waals surface area (Å²) in [6, 6.07) is 9.11. The summed E-state index contributed by atoms with van der Waals surface area (Å²) in [6.45, 7) is 3.58. The molecule has 0 spiro atoms. The SMILES string of the molecule is CCOC(=O)C1CCN(C(=O)Cn2cccc2-c2nc(-c3ccc4c(c3)OCO4)no2)CC1. The molecule has 1 aromatic carbocycles. The van der Waals surface area contributed by atoms with E-state index in [1.807, 2.05) is 24.4 Å². The number of rotatable bonds is 6. The predicted molar refractivity (Wildman–Crippen MR) is 115 cm³/mol. The predicted octanol–water partition coefficient (Wildman–Crippen LogP) is 2.74. The van der Waals surface area contributed by atoms with Crippen molar-refractivity contribution in [2.24, 2.45) is 5.92 Å². The third kappa shape index (κ3) is 4.28. The molecule has 0 unspecified atom stereocenters. The summed E-state index contributed by atoms with van der Waals surface area (Å²) in [7, 11) is 0. The van der Waals surface area contributed by atoms with Gasteiger partial charge in [-0.3, -0.25) is 9.59 Å². The van der Waals surface area contributed by atoms with Gasteiger partial charge in [-0.2, -0.15) is 4.98 Å². The highest BCUT2D eigenvalue weighted by Gasteiger charge is 2.28. The molecule has 0 saturated carbocycles. The lowest BCUT2D eigenvalue weighted by atomic mass is 9.97. The molecular formula is C23H24N4O6. The fraction of sp³-hybridized carbons (Fsp3) is 0.391. The zero-order valence-electron chi connectivity index (χ0n) is 18.2. The largest absolute Gasteiger partial charge is 0.466 e. The zero-order valence-corrected chi connectivity index (χ0v) is 18.2. The summed E-state index contributed by atoms with van der Waals surface area (Å²) in [5.41, 5.74) is 1.40. The first-order chi connectivity index (χ1) is 16.1. The van der Waals surface area contributed by atoms with Crippen molar-refractivity contribution in [1.82, 2.24) is 19.6 Å². The van der Waals surface area contributed by atoms with Crippen LogP contribution in [0, 0.1) is 5.92 Å². The van der Waals surface area contributed by atoms with E-state index in [9.17, 15) is 9.59 Å². The molecular weight excluding hydrogens is 428 g/mol. The minimum Gasteiger partial charge on any atom is -0.466 e. The van der Waals surface area contributed by atoms with Crippen LogP contribution in [0.2, 0.25) is 0 Å². The molecule has 0 aliphatic carbocycles. The molecule has 33 heavy (non-hydrogen) atoms. The van der Waals surface area contributed by atoms with Crippen LogP contribution in [0.1, 0.15) is 19.8 Å². The fourth-order valence-corrected chi connectivity index (χ4v) is 4.10. The Kier molecular flexibility index (Phi) is 5.72. The maximum Gasteiger partial charge on any atom is 0.309 e. The lowest BCUT2D eigenvalue weighted by Gasteiger charge is -2.31. The Morgan fingerprint density at radius 3 is 2.79 bits per heavy atom. The molecule has 0 radical (unpaired) electrons. The van der Waals surface area contributed by atoms with Crippen molar-refractivity contribution < 1.29 is 28.3 Å². The molecule has 5 rings (SSSR count). The highest BCUT2D eigenvalue weighted by Crippen LogP contribution is 2.35. The molecule has 3 aromatic rings. The molecule has 0 atom stereocenters. The molecule has 10 heteroatoms. The van der Waals surface area contributed by atoms with Crippen LogP contribution in [-0.4, -0.2) is 58.0 Å². The van der Waals surface area contributed by atoms with Crippen molar-refractivity contribution in [3.8, 4) is 34.5 Å². The van der Waals surface area contributed by atoms with E-state index in [2.05, 4.69) is 10.1 Å². The number of ether oxygens (including phenoxy) is 3. The Balaban J connectivity index is 1.25. The summed E-state index contributed by atoms with van der Waals surface area (Å²) < 4.78 is 23.1. The Bertz CT molecular complexity index is 1160. The van der Waals surface area contributed by atoms with Gasteiger partial charge in [0.2, 0.25) is 18.5 Å². The van der Waals surface area contributed by atoms with E-state index in [-0.39, 0.29) is 31.1 Å². The number of nitrogens with zero attached hydrogens (tertiary/aromatic N) is 4. The van der Waals surface area contributed by atoms with Gasteiger partial charge in [-0.1, -0.05) is 5.16 Å². The Morgan fingerprint density at radius 1 is 1.15 bits per heavy atom. The number of benzene rings is 1. The van der Waals surface area contributed by atoms with Crippen molar-refractivity contribution >= 4 is 11.9 Å². The number of hydrogen-bond acceptors (Lipinski definition) is 8. The van der Waals surface area contributed by atoms with Crippen LogP contribution >= 0.6 is 0 Å². The first-order valence-corrected chi connectivity index (χ1v) is 11.0. The number of fused-ring (bicyclic) bond motifs is 1. The number of piperidine rings is 1. The molecule has 1 saturated heterocycles. The third-order valence-corrected chi connectivity index (χ3v) is 5.88. The minimum atomic E-state index is -0.174. The number of carbonyl (C=O) groups is 2.